The largest absolute Gasteiger partial charge is 0.369 e. The van der Waals surface area contributed by atoms with E-state index < -0.39 is 0 Å². The number of amides is 1. The average molecular weight is 333 g/mol. The van der Waals surface area contributed by atoms with Crippen LogP contribution in [0.5, 0.6) is 0 Å². The van der Waals surface area contributed by atoms with Crippen LogP contribution in [-0.2, 0) is 17.6 Å². The average Bonchev–Trinajstić information content (AvgIpc) is 3.25. The second kappa shape index (κ2) is 5.49. The fraction of sp³-hybridized carbons (Fsp3) is 0.562. The van der Waals surface area contributed by atoms with Gasteiger partial charge in [-0.3, -0.25) is 4.79 Å². The minimum absolute atomic E-state index is 0.289. The number of hydrogen-bond acceptors (Lipinski definition) is 5. The molecule has 2 aliphatic rings. The van der Waals surface area contributed by atoms with E-state index in [-0.39, 0.29) is 11.7 Å². The van der Waals surface area contributed by atoms with Crippen molar-refractivity contribution in [3.05, 3.63) is 16.3 Å². The predicted molar refractivity (Wildman–Crippen MR) is 90.5 cm³/mol. The van der Waals surface area contributed by atoms with Crippen LogP contribution in [0.4, 0.5) is 0 Å². The minimum atomic E-state index is -0.289. The summed E-state index contributed by atoms with van der Waals surface area (Å²) in [6.45, 7) is 2.32. The molecule has 1 fully saturated rings. The Bertz CT molecular complexity index is 751. The van der Waals surface area contributed by atoms with Crippen LogP contribution in [0.25, 0.3) is 10.2 Å². The van der Waals surface area contributed by atoms with E-state index in [2.05, 4.69) is 6.92 Å². The van der Waals surface area contributed by atoms with E-state index in [1.165, 1.54) is 46.9 Å². The highest BCUT2D eigenvalue weighted by atomic mass is 32.2. The highest BCUT2D eigenvalue weighted by Gasteiger charge is 2.30. The number of thioether (sulfide) groups is 1. The normalized spacial score (nSPS) is 21.0. The molecule has 0 unspecified atom stereocenters. The zero-order chi connectivity index (χ0) is 15.3. The van der Waals surface area contributed by atoms with Crippen molar-refractivity contribution < 1.29 is 4.79 Å². The van der Waals surface area contributed by atoms with E-state index in [9.17, 15) is 4.79 Å². The number of primary amides is 1. The van der Waals surface area contributed by atoms with E-state index in [1.807, 2.05) is 11.3 Å². The van der Waals surface area contributed by atoms with Gasteiger partial charge in [-0.15, -0.1) is 11.3 Å². The van der Waals surface area contributed by atoms with E-state index in [0.29, 0.717) is 5.92 Å². The Labute approximate surface area is 137 Å². The smallest absolute Gasteiger partial charge is 0.227 e. The lowest BCUT2D eigenvalue weighted by Gasteiger charge is -2.18. The van der Waals surface area contributed by atoms with E-state index in [4.69, 9.17) is 15.7 Å². The first-order chi connectivity index (χ1) is 10.6. The van der Waals surface area contributed by atoms with Crippen LogP contribution in [0.3, 0.4) is 0 Å². The van der Waals surface area contributed by atoms with Gasteiger partial charge in [0.05, 0.1) is 5.75 Å². The van der Waals surface area contributed by atoms with Crippen LogP contribution < -0.4 is 5.73 Å². The third kappa shape index (κ3) is 2.63. The van der Waals surface area contributed by atoms with Gasteiger partial charge in [0, 0.05) is 16.2 Å². The van der Waals surface area contributed by atoms with Gasteiger partial charge in [0.1, 0.15) is 15.7 Å². The molecule has 2 aromatic rings. The molecule has 0 aliphatic heterocycles. The van der Waals surface area contributed by atoms with Crippen LogP contribution in [0.1, 0.15) is 48.4 Å². The zero-order valence-electron chi connectivity index (χ0n) is 12.6. The van der Waals surface area contributed by atoms with Gasteiger partial charge in [0.2, 0.25) is 5.91 Å². The van der Waals surface area contributed by atoms with E-state index in [1.54, 1.807) is 0 Å². The van der Waals surface area contributed by atoms with Crippen LogP contribution in [-0.4, -0.2) is 21.6 Å². The summed E-state index contributed by atoms with van der Waals surface area (Å²) in [4.78, 5) is 23.4. The standard InChI is InChI=1S/C16H19N3OS2/c1-8-2-5-10-11(6-8)22-16-13(10)15(21-7-12(17)20)18-14(19-16)9-3-4-9/h8-9H,2-7H2,1H3,(H2,17,20)/t8-/m0/s1. The predicted octanol–water partition coefficient (Wildman–Crippen LogP) is 3.27. The maximum Gasteiger partial charge on any atom is 0.227 e. The second-order valence-corrected chi connectivity index (χ2v) is 8.50. The number of aromatic nitrogens is 2. The van der Waals surface area contributed by atoms with E-state index >= 15 is 0 Å². The number of thiophene rings is 1. The molecule has 2 N–H and O–H groups in total. The van der Waals surface area contributed by atoms with Crippen LogP contribution in [0.15, 0.2) is 5.03 Å². The number of rotatable bonds is 4. The fourth-order valence-corrected chi connectivity index (χ4v) is 5.35. The lowest BCUT2D eigenvalue weighted by molar-refractivity contribution is -0.115. The monoisotopic (exact) mass is 333 g/mol. The maximum absolute atomic E-state index is 11.2. The molecule has 22 heavy (non-hydrogen) atoms. The first kappa shape index (κ1) is 14.5. The summed E-state index contributed by atoms with van der Waals surface area (Å²) in [5.41, 5.74) is 6.75. The molecule has 0 spiro atoms. The Hall–Kier alpha value is -1.14. The van der Waals surface area contributed by atoms with Gasteiger partial charge in [-0.05, 0) is 43.6 Å². The second-order valence-electron chi connectivity index (χ2n) is 6.45. The first-order valence-corrected chi connectivity index (χ1v) is 9.65. The highest BCUT2D eigenvalue weighted by molar-refractivity contribution is 8.00. The summed E-state index contributed by atoms with van der Waals surface area (Å²) in [6, 6.07) is 0. The van der Waals surface area contributed by atoms with Crippen LogP contribution in [0.2, 0.25) is 0 Å². The quantitative estimate of drug-likeness (QED) is 0.689. The maximum atomic E-state index is 11.2. The van der Waals surface area contributed by atoms with Gasteiger partial charge in [-0.25, -0.2) is 9.97 Å². The van der Waals surface area contributed by atoms with Gasteiger partial charge in [-0.1, -0.05) is 18.7 Å². The lowest BCUT2D eigenvalue weighted by Crippen LogP contribution is -2.13. The van der Waals surface area contributed by atoms with Gasteiger partial charge in [0.25, 0.3) is 0 Å². The summed E-state index contributed by atoms with van der Waals surface area (Å²) in [7, 11) is 0. The number of fused-ring (bicyclic) bond motifs is 3. The fourth-order valence-electron chi connectivity index (χ4n) is 3.09. The number of nitrogens with two attached hydrogens (primary N) is 1. The minimum Gasteiger partial charge on any atom is -0.369 e. The highest BCUT2D eigenvalue weighted by Crippen LogP contribution is 2.44. The Balaban J connectivity index is 1.83. The van der Waals surface area contributed by atoms with Crippen molar-refractivity contribution in [3.63, 3.8) is 0 Å². The van der Waals surface area contributed by atoms with Crippen LogP contribution >= 0.6 is 23.1 Å². The van der Waals surface area contributed by atoms with Crippen molar-refractivity contribution in [2.75, 3.05) is 5.75 Å². The number of carbonyl (C=O) groups is 1. The number of aryl methyl sites for hydroxylation is 1. The van der Waals surface area contributed by atoms with Gasteiger partial charge in [0.15, 0.2) is 0 Å². The molecule has 116 valence electrons. The lowest BCUT2D eigenvalue weighted by atomic mass is 9.89. The molecule has 0 radical (unpaired) electrons. The molecule has 2 heterocycles. The molecule has 4 nitrogen and oxygen atoms in total. The summed E-state index contributed by atoms with van der Waals surface area (Å²) >= 11 is 3.31. The number of nitrogens with zero attached hydrogens (tertiary/aromatic N) is 2. The summed E-state index contributed by atoms with van der Waals surface area (Å²) in [5, 5.41) is 2.17. The van der Waals surface area contributed by atoms with Crippen molar-refractivity contribution in [1.29, 1.82) is 0 Å². The van der Waals surface area contributed by atoms with Crippen molar-refractivity contribution in [1.82, 2.24) is 9.97 Å². The van der Waals surface area contributed by atoms with Gasteiger partial charge < -0.3 is 5.73 Å². The molecular formula is C16H19N3OS2. The van der Waals surface area contributed by atoms with Crippen molar-refractivity contribution >= 4 is 39.2 Å². The van der Waals surface area contributed by atoms with Crippen LogP contribution in [0, 0.1) is 5.92 Å². The molecule has 1 amide bonds. The Kier molecular flexibility index (Phi) is 3.61. The first-order valence-electron chi connectivity index (χ1n) is 7.85. The Morgan fingerprint density at radius 1 is 1.36 bits per heavy atom. The summed E-state index contributed by atoms with van der Waals surface area (Å²) < 4.78 is 0. The molecule has 0 saturated heterocycles. The molecule has 2 aliphatic carbocycles. The number of carbonyl (C=O) groups excluding carboxylic acids is 1. The van der Waals surface area contributed by atoms with Crippen molar-refractivity contribution in [3.8, 4) is 0 Å². The third-order valence-corrected chi connectivity index (χ3v) is 6.58. The molecule has 2 aromatic heterocycles. The molecule has 0 bridgehead atoms. The van der Waals surface area contributed by atoms with Crippen molar-refractivity contribution in [2.24, 2.45) is 11.7 Å². The summed E-state index contributed by atoms with van der Waals surface area (Å²) in [5.74, 6) is 2.24. The van der Waals surface area contributed by atoms with Gasteiger partial charge >= 0.3 is 0 Å². The SMILES string of the molecule is C[C@H]1CCc2c(sc3nc(C4CC4)nc(SCC(N)=O)c23)C1. The van der Waals surface area contributed by atoms with Gasteiger partial charge in [-0.2, -0.15) is 0 Å². The topological polar surface area (TPSA) is 68.9 Å². The Morgan fingerprint density at radius 2 is 2.18 bits per heavy atom. The molecule has 4 rings (SSSR count). The van der Waals surface area contributed by atoms with Crippen molar-refractivity contribution in [2.45, 2.75) is 50.0 Å². The molecule has 1 saturated carbocycles. The molecule has 1 atom stereocenters. The van der Waals surface area contributed by atoms with E-state index in [0.717, 1.165) is 34.4 Å². The molecular weight excluding hydrogens is 314 g/mol. The molecule has 6 heteroatoms. The zero-order valence-corrected chi connectivity index (χ0v) is 14.2. The third-order valence-electron chi connectivity index (χ3n) is 4.43. The Morgan fingerprint density at radius 3 is 2.91 bits per heavy atom. The summed E-state index contributed by atoms with van der Waals surface area (Å²) in [6.07, 6.45) is 5.85. The number of hydrogen-bond donors (Lipinski definition) is 1. The molecule has 0 aromatic carbocycles.